The first-order chi connectivity index (χ1) is 17.3. The molecule has 0 aromatic heterocycles. The predicted molar refractivity (Wildman–Crippen MR) is 143 cm³/mol. The summed E-state index contributed by atoms with van der Waals surface area (Å²) in [6, 6.07) is 19.5. The second kappa shape index (κ2) is 11.1. The summed E-state index contributed by atoms with van der Waals surface area (Å²) in [6.45, 7) is 15.7. The molecule has 0 radical (unpaired) electrons. The maximum Gasteiger partial charge on any atom is 0.338 e. The van der Waals surface area contributed by atoms with Crippen molar-refractivity contribution in [2.45, 2.75) is 34.6 Å². The molecule has 0 bridgehead atoms. The van der Waals surface area contributed by atoms with Crippen LogP contribution in [-0.2, 0) is 14.4 Å². The van der Waals surface area contributed by atoms with Crippen LogP contribution in [-0.4, -0.2) is 17.9 Å². The van der Waals surface area contributed by atoms with Crippen molar-refractivity contribution in [2.75, 3.05) is 0 Å². The number of esters is 3. The van der Waals surface area contributed by atoms with Gasteiger partial charge >= 0.3 is 17.9 Å². The number of carbonyl (C=O) groups is 3. The first-order valence-corrected chi connectivity index (χ1v) is 11.7. The van der Waals surface area contributed by atoms with Gasteiger partial charge in [-0.3, -0.25) is 4.79 Å². The third kappa shape index (κ3) is 7.27. The molecule has 6 heteroatoms. The monoisotopic (exact) mass is 498 g/mol. The van der Waals surface area contributed by atoms with Crippen LogP contribution >= 0.6 is 0 Å². The summed E-state index contributed by atoms with van der Waals surface area (Å²) in [4.78, 5) is 36.2. The van der Waals surface area contributed by atoms with Gasteiger partial charge in [-0.1, -0.05) is 37.4 Å². The lowest BCUT2D eigenvalue weighted by molar-refractivity contribution is -0.143. The summed E-state index contributed by atoms with van der Waals surface area (Å²) in [5, 5.41) is 0. The summed E-state index contributed by atoms with van der Waals surface area (Å²) in [7, 11) is 0. The zero-order valence-corrected chi connectivity index (χ0v) is 21.7. The molecule has 0 aliphatic rings. The molecule has 0 atom stereocenters. The van der Waals surface area contributed by atoms with Crippen molar-refractivity contribution in [3.05, 3.63) is 91.0 Å². The molecular formula is C31H30O6. The third-order valence-corrected chi connectivity index (χ3v) is 5.22. The maximum atomic E-state index is 12.6. The third-order valence-electron chi connectivity index (χ3n) is 5.22. The van der Waals surface area contributed by atoms with Gasteiger partial charge in [0.2, 0.25) is 0 Å². The molecular weight excluding hydrogens is 468 g/mol. The minimum atomic E-state index is -0.681. The zero-order chi connectivity index (χ0) is 27.3. The van der Waals surface area contributed by atoms with Gasteiger partial charge in [0, 0.05) is 11.1 Å². The Morgan fingerprint density at radius 3 is 1.27 bits per heavy atom. The highest BCUT2D eigenvalue weighted by Gasteiger charge is 2.24. The second-order valence-electron chi connectivity index (χ2n) is 9.77. The number of benzene rings is 3. The lowest BCUT2D eigenvalue weighted by Crippen LogP contribution is -2.25. The van der Waals surface area contributed by atoms with Crippen molar-refractivity contribution in [1.29, 1.82) is 0 Å². The molecule has 0 saturated heterocycles. The smallest absolute Gasteiger partial charge is 0.338 e. The van der Waals surface area contributed by atoms with E-state index in [-0.39, 0.29) is 5.97 Å². The van der Waals surface area contributed by atoms with Gasteiger partial charge in [0.15, 0.2) is 0 Å². The van der Waals surface area contributed by atoms with E-state index in [0.29, 0.717) is 28.4 Å². The van der Waals surface area contributed by atoms with Crippen molar-refractivity contribution >= 4 is 17.9 Å². The number of hydrogen-bond acceptors (Lipinski definition) is 6. The van der Waals surface area contributed by atoms with E-state index in [4.69, 9.17) is 14.2 Å². The highest BCUT2D eigenvalue weighted by molar-refractivity contribution is 5.89. The molecule has 6 nitrogen and oxygen atoms in total. The molecule has 0 aliphatic heterocycles. The Hall–Kier alpha value is -4.45. The van der Waals surface area contributed by atoms with Gasteiger partial charge in [0.1, 0.15) is 17.2 Å². The van der Waals surface area contributed by atoms with Crippen LogP contribution in [0.3, 0.4) is 0 Å². The van der Waals surface area contributed by atoms with Crippen LogP contribution in [0.1, 0.15) is 34.6 Å². The molecule has 0 spiro atoms. The summed E-state index contributed by atoms with van der Waals surface area (Å²) in [5.74, 6) is -0.172. The van der Waals surface area contributed by atoms with Gasteiger partial charge in [-0.15, -0.1) is 0 Å². The molecule has 37 heavy (non-hydrogen) atoms. The number of ether oxygens (including phenoxy) is 3. The minimum Gasteiger partial charge on any atom is -0.426 e. The van der Waals surface area contributed by atoms with Gasteiger partial charge in [0.25, 0.3) is 0 Å². The normalized spacial score (nSPS) is 10.8. The Morgan fingerprint density at radius 2 is 0.946 bits per heavy atom. The van der Waals surface area contributed by atoms with E-state index in [1.165, 1.54) is 0 Å². The first-order valence-electron chi connectivity index (χ1n) is 11.7. The zero-order valence-electron chi connectivity index (χ0n) is 21.7. The number of carbonyl (C=O) groups excluding carboxylic acids is 3. The molecule has 3 aromatic carbocycles. The molecule has 0 unspecified atom stereocenters. The Morgan fingerprint density at radius 1 is 0.568 bits per heavy atom. The van der Waals surface area contributed by atoms with Crippen LogP contribution in [0, 0.1) is 5.41 Å². The quantitative estimate of drug-likeness (QED) is 0.200. The maximum absolute atomic E-state index is 12.6. The SMILES string of the molecule is C=C(C)C(=O)Oc1ccc(-c2cc(OC(=O)C(C)(C)C)cc(-c3ccc(OC(=O)C(=C)C)cc3)c2)cc1. The van der Waals surface area contributed by atoms with Crippen LogP contribution < -0.4 is 14.2 Å². The Bertz CT molecular complexity index is 1270. The molecule has 3 aromatic rings. The predicted octanol–water partition coefficient (Wildman–Crippen LogP) is 6.94. The molecule has 3 rings (SSSR count). The molecule has 0 fully saturated rings. The number of hydrogen-bond donors (Lipinski definition) is 0. The van der Waals surface area contributed by atoms with Gasteiger partial charge in [-0.25, -0.2) is 9.59 Å². The van der Waals surface area contributed by atoms with Crippen molar-refractivity contribution in [3.8, 4) is 39.5 Å². The highest BCUT2D eigenvalue weighted by atomic mass is 16.5. The van der Waals surface area contributed by atoms with Crippen molar-refractivity contribution in [3.63, 3.8) is 0 Å². The fourth-order valence-electron chi connectivity index (χ4n) is 3.07. The van der Waals surface area contributed by atoms with Crippen molar-refractivity contribution in [2.24, 2.45) is 5.41 Å². The van der Waals surface area contributed by atoms with Crippen molar-refractivity contribution < 1.29 is 28.6 Å². The van der Waals surface area contributed by atoms with E-state index in [1.807, 2.05) is 30.3 Å². The fraction of sp³-hybridized carbons (Fsp3) is 0.194. The highest BCUT2D eigenvalue weighted by Crippen LogP contribution is 2.34. The first kappa shape index (κ1) is 27.1. The Kier molecular flexibility index (Phi) is 8.13. The van der Waals surface area contributed by atoms with E-state index in [2.05, 4.69) is 13.2 Å². The lowest BCUT2D eigenvalue weighted by atomic mass is 9.96. The van der Waals surface area contributed by atoms with Crippen LogP contribution in [0.15, 0.2) is 91.0 Å². The summed E-state index contributed by atoms with van der Waals surface area (Å²) in [5.41, 5.74) is 3.19. The molecule has 0 aliphatic carbocycles. The lowest BCUT2D eigenvalue weighted by Gasteiger charge is -2.18. The van der Waals surface area contributed by atoms with E-state index in [1.54, 1.807) is 71.0 Å². The Labute approximate surface area is 217 Å². The van der Waals surface area contributed by atoms with Crippen molar-refractivity contribution in [1.82, 2.24) is 0 Å². The topological polar surface area (TPSA) is 78.9 Å². The average molecular weight is 499 g/mol. The summed E-state index contributed by atoms with van der Waals surface area (Å²) >= 11 is 0. The van der Waals surface area contributed by atoms with Gasteiger partial charge in [-0.2, -0.15) is 0 Å². The molecule has 0 N–H and O–H groups in total. The molecule has 0 heterocycles. The minimum absolute atomic E-state index is 0.308. The van der Waals surface area contributed by atoms with Crippen LogP contribution in [0.5, 0.6) is 17.2 Å². The molecule has 0 saturated carbocycles. The van der Waals surface area contributed by atoms with E-state index < -0.39 is 17.4 Å². The van der Waals surface area contributed by atoms with Gasteiger partial charge in [0.05, 0.1) is 5.41 Å². The van der Waals surface area contributed by atoms with Crippen LogP contribution in [0.25, 0.3) is 22.3 Å². The van der Waals surface area contributed by atoms with E-state index in [0.717, 1.165) is 22.3 Å². The Balaban J connectivity index is 1.98. The van der Waals surface area contributed by atoms with E-state index >= 15 is 0 Å². The largest absolute Gasteiger partial charge is 0.426 e. The molecule has 0 amide bonds. The second-order valence-corrected chi connectivity index (χ2v) is 9.77. The van der Waals surface area contributed by atoms with Gasteiger partial charge < -0.3 is 14.2 Å². The van der Waals surface area contributed by atoms with Gasteiger partial charge in [-0.05, 0) is 99.3 Å². The summed E-state index contributed by atoms with van der Waals surface area (Å²) < 4.78 is 16.3. The van der Waals surface area contributed by atoms with Crippen LogP contribution in [0.2, 0.25) is 0 Å². The fourth-order valence-corrected chi connectivity index (χ4v) is 3.07. The standard InChI is InChI=1S/C31H30O6/c1-19(2)28(32)35-25-12-8-21(9-13-25)23-16-24(18-27(17-23)37-30(34)31(5,6)7)22-10-14-26(15-11-22)36-29(33)20(3)4/h8-18H,1,3H2,2,4-7H3. The average Bonchev–Trinajstić information content (AvgIpc) is 2.84. The molecule has 190 valence electrons. The van der Waals surface area contributed by atoms with E-state index in [9.17, 15) is 14.4 Å². The summed E-state index contributed by atoms with van der Waals surface area (Å²) in [6.07, 6.45) is 0. The number of rotatable bonds is 7. The van der Waals surface area contributed by atoms with Crippen LogP contribution in [0.4, 0.5) is 0 Å².